The molecule has 0 saturated carbocycles. The number of ketones is 1. The smallest absolute Gasteiger partial charge is 0.309 e. The summed E-state index contributed by atoms with van der Waals surface area (Å²) in [5, 5.41) is 0. The largest absolute Gasteiger partial charge is 0.497 e. The fourth-order valence-electron chi connectivity index (χ4n) is 2.96. The van der Waals surface area contributed by atoms with Crippen LogP contribution >= 0.6 is 0 Å². The number of methoxy groups -OCH3 is 2. The lowest BCUT2D eigenvalue weighted by Crippen LogP contribution is -2.09. The molecule has 0 amide bonds. The predicted molar refractivity (Wildman–Crippen MR) is 112 cm³/mol. The van der Waals surface area contributed by atoms with E-state index in [0.717, 1.165) is 16.9 Å². The summed E-state index contributed by atoms with van der Waals surface area (Å²) < 4.78 is 11.7. The van der Waals surface area contributed by atoms with Gasteiger partial charge in [0, 0.05) is 18.3 Å². The number of benzene rings is 2. The van der Waals surface area contributed by atoms with Crippen LogP contribution < -0.4 is 4.74 Å². The van der Waals surface area contributed by atoms with Crippen molar-refractivity contribution >= 4 is 17.8 Å². The number of rotatable bonds is 8. The zero-order valence-electron chi connectivity index (χ0n) is 16.5. The molecule has 0 N–H and O–H groups in total. The predicted octanol–water partition coefficient (Wildman–Crippen LogP) is 4.16. The lowest BCUT2D eigenvalue weighted by Gasteiger charge is -2.07. The van der Waals surface area contributed by atoms with E-state index in [9.17, 15) is 9.59 Å². The monoisotopic (exact) mass is 389 g/mol. The molecule has 0 fully saturated rings. The van der Waals surface area contributed by atoms with E-state index in [1.165, 1.54) is 7.11 Å². The van der Waals surface area contributed by atoms with Gasteiger partial charge in [0.05, 0.1) is 26.3 Å². The molecule has 0 aliphatic heterocycles. The van der Waals surface area contributed by atoms with E-state index < -0.39 is 0 Å². The van der Waals surface area contributed by atoms with E-state index in [0.29, 0.717) is 17.8 Å². The number of hydrogen-bond acceptors (Lipinski definition) is 4. The summed E-state index contributed by atoms with van der Waals surface area (Å²) in [5.41, 5.74) is 3.18. The third-order valence-electron chi connectivity index (χ3n) is 4.58. The quantitative estimate of drug-likeness (QED) is 0.429. The molecular formula is C24H23NO4. The molecule has 0 unspecified atom stereocenters. The Labute approximate surface area is 170 Å². The van der Waals surface area contributed by atoms with E-state index in [2.05, 4.69) is 4.74 Å². The molecule has 0 spiro atoms. The van der Waals surface area contributed by atoms with Crippen molar-refractivity contribution in [1.29, 1.82) is 0 Å². The molecule has 2 aromatic carbocycles. The van der Waals surface area contributed by atoms with E-state index in [4.69, 9.17) is 4.74 Å². The second kappa shape index (κ2) is 9.55. The van der Waals surface area contributed by atoms with Gasteiger partial charge in [0.15, 0.2) is 0 Å². The lowest BCUT2D eigenvalue weighted by atomic mass is 10.1. The number of esters is 1. The highest BCUT2D eigenvalue weighted by Gasteiger charge is 2.12. The molecular weight excluding hydrogens is 366 g/mol. The number of carbonyl (C=O) groups is 2. The number of carbonyl (C=O) groups excluding carboxylic acids is 2. The van der Waals surface area contributed by atoms with Gasteiger partial charge in [0.1, 0.15) is 5.75 Å². The van der Waals surface area contributed by atoms with Crippen LogP contribution in [0.4, 0.5) is 0 Å². The van der Waals surface area contributed by atoms with Gasteiger partial charge in [0.25, 0.3) is 0 Å². The highest BCUT2D eigenvalue weighted by atomic mass is 16.5. The Balaban J connectivity index is 1.65. The topological polar surface area (TPSA) is 57.5 Å². The van der Waals surface area contributed by atoms with Crippen molar-refractivity contribution in [2.75, 3.05) is 14.2 Å². The second-order valence-electron chi connectivity index (χ2n) is 6.50. The Morgan fingerprint density at radius 3 is 2.34 bits per heavy atom. The van der Waals surface area contributed by atoms with Crippen LogP contribution in [0.15, 0.2) is 72.9 Å². The standard InChI is InChI=1S/C24H23NO4/c1-28-21-13-11-20(12-14-21)24(27)22-6-4-16-25(22)15-3-5-18-7-9-19(10-8-18)17-23(26)29-2/h3-14,16H,15,17H2,1-2H3/b5-3+. The van der Waals surface area contributed by atoms with Gasteiger partial charge in [0.2, 0.25) is 5.78 Å². The maximum atomic E-state index is 12.8. The Kier molecular flexibility index (Phi) is 6.63. The summed E-state index contributed by atoms with van der Waals surface area (Å²) >= 11 is 0. The number of ether oxygens (including phenoxy) is 2. The van der Waals surface area contributed by atoms with Gasteiger partial charge in [-0.2, -0.15) is 0 Å². The maximum absolute atomic E-state index is 12.8. The van der Waals surface area contributed by atoms with Crippen molar-refractivity contribution in [3.8, 4) is 5.75 Å². The average molecular weight is 389 g/mol. The third kappa shape index (κ3) is 5.23. The highest BCUT2D eigenvalue weighted by Crippen LogP contribution is 2.16. The highest BCUT2D eigenvalue weighted by molar-refractivity contribution is 6.08. The second-order valence-corrected chi connectivity index (χ2v) is 6.50. The Morgan fingerprint density at radius 1 is 0.966 bits per heavy atom. The molecule has 3 aromatic rings. The molecule has 0 aliphatic rings. The average Bonchev–Trinajstić information content (AvgIpc) is 3.23. The summed E-state index contributed by atoms with van der Waals surface area (Å²) in [6.07, 6.45) is 6.14. The van der Waals surface area contributed by atoms with E-state index in [1.807, 2.05) is 59.3 Å². The number of nitrogens with zero attached hydrogens (tertiary/aromatic N) is 1. The van der Waals surface area contributed by atoms with Crippen molar-refractivity contribution in [1.82, 2.24) is 4.57 Å². The van der Waals surface area contributed by atoms with Crippen LogP contribution in [0.5, 0.6) is 5.75 Å². The molecule has 0 saturated heterocycles. The van der Waals surface area contributed by atoms with Crippen LogP contribution in [-0.2, 0) is 22.5 Å². The molecule has 1 heterocycles. The van der Waals surface area contributed by atoms with Crippen molar-refractivity contribution in [2.24, 2.45) is 0 Å². The first kappa shape index (κ1) is 20.1. The van der Waals surface area contributed by atoms with Crippen LogP contribution in [0.25, 0.3) is 6.08 Å². The summed E-state index contributed by atoms with van der Waals surface area (Å²) in [5.74, 6) is 0.436. The van der Waals surface area contributed by atoms with Crippen molar-refractivity contribution in [3.63, 3.8) is 0 Å². The first-order chi connectivity index (χ1) is 14.1. The van der Waals surface area contributed by atoms with Crippen LogP contribution in [-0.4, -0.2) is 30.5 Å². The molecule has 1 aromatic heterocycles. The summed E-state index contributed by atoms with van der Waals surface area (Å²) in [4.78, 5) is 24.1. The zero-order chi connectivity index (χ0) is 20.6. The molecule has 0 radical (unpaired) electrons. The van der Waals surface area contributed by atoms with Crippen molar-refractivity contribution in [3.05, 3.63) is 95.3 Å². The minimum absolute atomic E-state index is 0.0294. The van der Waals surface area contributed by atoms with Gasteiger partial charge in [-0.15, -0.1) is 0 Å². The zero-order valence-corrected chi connectivity index (χ0v) is 16.5. The van der Waals surface area contributed by atoms with Gasteiger partial charge in [-0.3, -0.25) is 9.59 Å². The van der Waals surface area contributed by atoms with Crippen LogP contribution in [0, 0.1) is 0 Å². The molecule has 0 bridgehead atoms. The Hall–Kier alpha value is -3.60. The molecule has 148 valence electrons. The minimum Gasteiger partial charge on any atom is -0.497 e. The summed E-state index contributed by atoms with van der Waals surface area (Å²) in [6.45, 7) is 0.578. The van der Waals surface area contributed by atoms with Gasteiger partial charge in [-0.05, 0) is 47.5 Å². The molecule has 5 nitrogen and oxygen atoms in total. The van der Waals surface area contributed by atoms with E-state index >= 15 is 0 Å². The molecule has 5 heteroatoms. The fourth-order valence-corrected chi connectivity index (χ4v) is 2.96. The summed E-state index contributed by atoms with van der Waals surface area (Å²) in [7, 11) is 2.98. The first-order valence-electron chi connectivity index (χ1n) is 9.27. The van der Waals surface area contributed by atoms with Crippen molar-refractivity contribution < 1.29 is 19.1 Å². The van der Waals surface area contributed by atoms with Gasteiger partial charge in [-0.25, -0.2) is 0 Å². The number of hydrogen-bond donors (Lipinski definition) is 0. The molecule has 0 aliphatic carbocycles. The SMILES string of the molecule is COC(=O)Cc1ccc(/C=C/Cn2cccc2C(=O)c2ccc(OC)cc2)cc1. The van der Waals surface area contributed by atoms with Crippen molar-refractivity contribution in [2.45, 2.75) is 13.0 Å². The number of allylic oxidation sites excluding steroid dienone is 1. The normalized spacial score (nSPS) is 10.8. The van der Waals surface area contributed by atoms with E-state index in [-0.39, 0.29) is 18.2 Å². The van der Waals surface area contributed by atoms with Gasteiger partial charge >= 0.3 is 5.97 Å². The minimum atomic E-state index is -0.255. The Bertz CT molecular complexity index is 998. The molecule has 3 rings (SSSR count). The lowest BCUT2D eigenvalue weighted by molar-refractivity contribution is -0.139. The first-order valence-corrected chi connectivity index (χ1v) is 9.27. The van der Waals surface area contributed by atoms with Crippen LogP contribution in [0.3, 0.4) is 0 Å². The van der Waals surface area contributed by atoms with E-state index in [1.54, 1.807) is 31.4 Å². The summed E-state index contributed by atoms with van der Waals surface area (Å²) in [6, 6.07) is 18.5. The fraction of sp³-hybridized carbons (Fsp3) is 0.167. The van der Waals surface area contributed by atoms with Gasteiger partial charge in [-0.1, -0.05) is 36.4 Å². The molecule has 0 atom stereocenters. The Morgan fingerprint density at radius 2 is 1.69 bits per heavy atom. The van der Waals surface area contributed by atoms with Crippen LogP contribution in [0.2, 0.25) is 0 Å². The van der Waals surface area contributed by atoms with Gasteiger partial charge < -0.3 is 14.0 Å². The maximum Gasteiger partial charge on any atom is 0.309 e. The number of aromatic nitrogens is 1. The third-order valence-corrected chi connectivity index (χ3v) is 4.58. The van der Waals surface area contributed by atoms with Crippen LogP contribution in [0.1, 0.15) is 27.2 Å². The molecule has 29 heavy (non-hydrogen) atoms.